The molecular weight excluding hydrogens is 644 g/mol. The Hall–Kier alpha value is -1.16. The summed E-state index contributed by atoms with van der Waals surface area (Å²) >= 11 is 15.6. The monoisotopic (exact) mass is 678 g/mol. The average molecular weight is 680 g/mol. The van der Waals surface area contributed by atoms with Crippen LogP contribution in [0, 0.1) is 5.41 Å². The molecule has 0 aromatic rings. The number of ether oxygens (including phenoxy) is 6. The predicted molar refractivity (Wildman–Crippen MR) is 158 cm³/mol. The number of carbonyl (C=O) groups excluding carboxylic acids is 4. The fourth-order valence-electron chi connectivity index (χ4n) is 2.15. The van der Waals surface area contributed by atoms with Crippen molar-refractivity contribution < 1.29 is 47.6 Å². The van der Waals surface area contributed by atoms with Gasteiger partial charge in [-0.3, -0.25) is 19.2 Å². The van der Waals surface area contributed by atoms with Crippen LogP contribution in [0.15, 0.2) is 0 Å². The summed E-state index contributed by atoms with van der Waals surface area (Å²) < 4.78 is 30.9. The molecule has 0 radical (unpaired) electrons. The van der Waals surface area contributed by atoms with Gasteiger partial charge in [0.25, 0.3) is 0 Å². The number of halogens is 1. The van der Waals surface area contributed by atoms with Gasteiger partial charge in [0, 0.05) is 11.5 Å². The number of thioether (sulfide) groups is 2. The van der Waals surface area contributed by atoms with E-state index in [4.69, 9.17) is 52.9 Å². The van der Waals surface area contributed by atoms with E-state index in [1.165, 1.54) is 30.4 Å². The molecule has 15 heteroatoms. The van der Waals surface area contributed by atoms with Crippen molar-refractivity contribution in [3.05, 3.63) is 0 Å². The minimum Gasteiger partial charge on any atom is -0.479 e. The first kappa shape index (κ1) is 36.8. The molecule has 0 unspecified atom stereocenters. The minimum absolute atomic E-state index is 0.0258. The molecule has 0 fully saturated rings. The van der Waals surface area contributed by atoms with Crippen LogP contribution in [0.2, 0.25) is 0 Å². The highest BCUT2D eigenvalue weighted by Gasteiger charge is 2.39. The number of esters is 4. The van der Waals surface area contributed by atoms with Crippen molar-refractivity contribution in [2.24, 2.45) is 5.41 Å². The Morgan fingerprint density at radius 2 is 1.08 bits per heavy atom. The Balaban J connectivity index is 4.94. The number of rotatable bonds is 17. The zero-order chi connectivity index (χ0) is 29.2. The second-order valence-electron chi connectivity index (χ2n) is 8.19. The summed E-state index contributed by atoms with van der Waals surface area (Å²) in [6, 6.07) is 0. The maximum absolute atomic E-state index is 12.9. The van der Waals surface area contributed by atoms with Crippen molar-refractivity contribution in [1.29, 1.82) is 0 Å². The number of alkyl halides is 1. The Bertz CT molecular complexity index is 777. The first-order valence-electron chi connectivity index (χ1n) is 11.7. The van der Waals surface area contributed by atoms with Crippen molar-refractivity contribution >= 4 is 96.5 Å². The maximum Gasteiger partial charge on any atom is 0.322 e. The van der Waals surface area contributed by atoms with E-state index in [0.717, 1.165) is 0 Å². The molecule has 10 nitrogen and oxygen atoms in total. The largest absolute Gasteiger partial charge is 0.479 e. The molecule has 218 valence electrons. The molecule has 0 aliphatic heterocycles. The molecule has 0 spiro atoms. The summed E-state index contributed by atoms with van der Waals surface area (Å²) in [7, 11) is 0. The normalized spacial score (nSPS) is 11.2. The quantitative estimate of drug-likeness (QED) is 0.0716. The third-order valence-electron chi connectivity index (χ3n) is 4.21. The summed E-state index contributed by atoms with van der Waals surface area (Å²) in [6.45, 7) is 7.95. The minimum atomic E-state index is -1.49. The van der Waals surface area contributed by atoms with E-state index in [1.54, 1.807) is 27.7 Å². The third kappa shape index (κ3) is 17.4. The topological polar surface area (TPSA) is 124 Å². The molecule has 38 heavy (non-hydrogen) atoms. The lowest BCUT2D eigenvalue weighted by Crippen LogP contribution is -2.41. The summed E-state index contributed by atoms with van der Waals surface area (Å²) in [5, 5.41) is 0. The Morgan fingerprint density at radius 1 is 0.684 bits per heavy atom. The zero-order valence-corrected chi connectivity index (χ0v) is 27.0. The van der Waals surface area contributed by atoms with Crippen molar-refractivity contribution in [3.8, 4) is 0 Å². The number of hydrogen-bond acceptors (Lipinski definition) is 14. The van der Waals surface area contributed by atoms with Crippen molar-refractivity contribution in [2.75, 3.05) is 51.1 Å². The van der Waals surface area contributed by atoms with Crippen LogP contribution in [-0.2, 0) is 47.6 Å². The average Bonchev–Trinajstić information content (AvgIpc) is 2.83. The Labute approximate surface area is 251 Å². The SMILES string of the molecule is CCOC(=S)SCCC(=O)OCC(C)(COC(=O)CCSC(=S)OCC)C(=O)OCCOC(=O)C(C)(C)Br. The highest BCUT2D eigenvalue weighted by Crippen LogP contribution is 2.22. The molecule has 0 heterocycles. The number of thiocarbonyl (C=S) groups is 2. The standard InChI is InChI=1S/C23H35BrO10S4/c1-6-29-20(35)37-12-8-16(25)33-14-23(5,15-34-17(26)9-13-38-21(36)30-7-2)19(28)32-11-10-31-18(27)22(3,4)24/h6-15H2,1-5H3. The van der Waals surface area contributed by atoms with E-state index in [0.29, 0.717) is 33.5 Å². The molecule has 0 rings (SSSR count). The lowest BCUT2D eigenvalue weighted by Gasteiger charge is -2.26. The van der Waals surface area contributed by atoms with Crippen LogP contribution >= 0.6 is 63.9 Å². The van der Waals surface area contributed by atoms with E-state index < -0.39 is 46.8 Å². The van der Waals surface area contributed by atoms with Gasteiger partial charge in [-0.15, -0.1) is 0 Å². The second kappa shape index (κ2) is 19.8. The third-order valence-corrected chi connectivity index (χ3v) is 7.00. The lowest BCUT2D eigenvalue weighted by molar-refractivity contribution is -0.172. The van der Waals surface area contributed by atoms with Crippen molar-refractivity contribution in [3.63, 3.8) is 0 Å². The van der Waals surface area contributed by atoms with Crippen LogP contribution in [0.5, 0.6) is 0 Å². The van der Waals surface area contributed by atoms with E-state index in [-0.39, 0.29) is 26.1 Å². The zero-order valence-electron chi connectivity index (χ0n) is 22.2. The smallest absolute Gasteiger partial charge is 0.322 e. The molecule has 0 N–H and O–H groups in total. The van der Waals surface area contributed by atoms with Gasteiger partial charge in [0.05, 0.1) is 26.1 Å². The van der Waals surface area contributed by atoms with Gasteiger partial charge in [-0.05, 0) is 59.1 Å². The van der Waals surface area contributed by atoms with E-state index >= 15 is 0 Å². The van der Waals surface area contributed by atoms with Crippen LogP contribution < -0.4 is 0 Å². The van der Waals surface area contributed by atoms with Gasteiger partial charge in [0.1, 0.15) is 36.2 Å². The van der Waals surface area contributed by atoms with Crippen LogP contribution in [0.1, 0.15) is 47.5 Å². The van der Waals surface area contributed by atoms with Gasteiger partial charge >= 0.3 is 23.9 Å². The van der Waals surface area contributed by atoms with Gasteiger partial charge < -0.3 is 28.4 Å². The molecular formula is C23H35BrO10S4. The van der Waals surface area contributed by atoms with Gasteiger partial charge in [-0.2, -0.15) is 0 Å². The summed E-state index contributed by atoms with van der Waals surface area (Å²) in [5.41, 5.74) is -1.49. The summed E-state index contributed by atoms with van der Waals surface area (Å²) in [4.78, 5) is 49.1. The maximum atomic E-state index is 12.9. The highest BCUT2D eigenvalue weighted by atomic mass is 79.9. The summed E-state index contributed by atoms with van der Waals surface area (Å²) in [6.07, 6.45) is 0.0517. The fraction of sp³-hybridized carbons (Fsp3) is 0.739. The number of hydrogen-bond donors (Lipinski definition) is 0. The molecule has 0 amide bonds. The van der Waals surface area contributed by atoms with Crippen LogP contribution in [0.25, 0.3) is 0 Å². The van der Waals surface area contributed by atoms with Gasteiger partial charge in [0.2, 0.25) is 8.77 Å². The van der Waals surface area contributed by atoms with Crippen molar-refractivity contribution in [1.82, 2.24) is 0 Å². The van der Waals surface area contributed by atoms with Crippen molar-refractivity contribution in [2.45, 2.75) is 51.8 Å². The van der Waals surface area contributed by atoms with E-state index in [1.807, 2.05) is 0 Å². The van der Waals surface area contributed by atoms with E-state index in [2.05, 4.69) is 15.9 Å². The Kier molecular flexibility index (Phi) is 19.2. The van der Waals surface area contributed by atoms with Gasteiger partial charge in [0.15, 0.2) is 0 Å². The molecule has 0 aliphatic rings. The highest BCUT2D eigenvalue weighted by molar-refractivity contribution is 9.10. The second-order valence-corrected chi connectivity index (χ2v) is 13.6. The molecule has 0 aromatic heterocycles. The molecule has 0 bridgehead atoms. The van der Waals surface area contributed by atoms with Gasteiger partial charge in [-0.25, -0.2) is 0 Å². The Morgan fingerprint density at radius 3 is 1.45 bits per heavy atom. The molecule has 0 saturated heterocycles. The molecule has 0 aliphatic carbocycles. The first-order chi connectivity index (χ1) is 17.7. The molecule has 0 aromatic carbocycles. The van der Waals surface area contributed by atoms with Gasteiger partial charge in [-0.1, -0.05) is 39.5 Å². The number of carbonyl (C=O) groups is 4. The summed E-state index contributed by atoms with van der Waals surface area (Å²) in [5.74, 6) is -1.78. The van der Waals surface area contributed by atoms with Crippen LogP contribution in [0.3, 0.4) is 0 Å². The molecule has 0 atom stereocenters. The molecule has 0 saturated carbocycles. The van der Waals surface area contributed by atoms with Crippen LogP contribution in [-0.4, -0.2) is 88.1 Å². The predicted octanol–water partition coefficient (Wildman–Crippen LogP) is 4.23. The van der Waals surface area contributed by atoms with Crippen LogP contribution in [0.4, 0.5) is 0 Å². The van der Waals surface area contributed by atoms with E-state index in [9.17, 15) is 19.2 Å². The lowest BCUT2D eigenvalue weighted by atomic mass is 9.93. The first-order valence-corrected chi connectivity index (χ1v) is 15.3. The fourth-order valence-corrected chi connectivity index (χ4v) is 4.28.